The Morgan fingerprint density at radius 1 is 1.57 bits per heavy atom. The molecule has 0 bridgehead atoms. The zero-order valence-corrected chi connectivity index (χ0v) is 12.8. The Kier molecular flexibility index (Phi) is 5.52. The van der Waals surface area contributed by atoms with E-state index in [9.17, 15) is 4.79 Å². The second-order valence-corrected chi connectivity index (χ2v) is 5.50. The lowest BCUT2D eigenvalue weighted by atomic mass is 10.1. The Hall–Kier alpha value is -1.66. The number of hydrogen-bond donors (Lipinski definition) is 2. The highest BCUT2D eigenvalue weighted by Crippen LogP contribution is 2.18. The van der Waals surface area contributed by atoms with Gasteiger partial charge in [-0.1, -0.05) is 24.4 Å². The van der Waals surface area contributed by atoms with Gasteiger partial charge in [-0.05, 0) is 31.9 Å². The molecule has 21 heavy (non-hydrogen) atoms. The summed E-state index contributed by atoms with van der Waals surface area (Å²) in [7, 11) is 0. The summed E-state index contributed by atoms with van der Waals surface area (Å²) in [5.41, 5.74) is 6.25. The monoisotopic (exact) mass is 308 g/mol. The molecular formula is C15H20N2O3S. The molecule has 1 fully saturated rings. The summed E-state index contributed by atoms with van der Waals surface area (Å²) in [6.07, 6.45) is 2.12. The van der Waals surface area contributed by atoms with Crippen LogP contribution in [-0.4, -0.2) is 36.3 Å². The third-order valence-electron chi connectivity index (χ3n) is 3.42. The maximum absolute atomic E-state index is 11.9. The second-order valence-electron chi connectivity index (χ2n) is 5.06. The van der Waals surface area contributed by atoms with E-state index in [-0.39, 0.29) is 29.6 Å². The zero-order valence-electron chi connectivity index (χ0n) is 12.0. The molecule has 1 saturated heterocycles. The standard InChI is InChI=1S/C15H20N2O3S/c1-10(12-7-4-8-19-12)17-14(18)9-20-13-6-3-2-5-11(13)15(16)21/h2-3,5-6,10,12H,4,7-9H2,1H3,(H2,16,21)(H,17,18). The fourth-order valence-electron chi connectivity index (χ4n) is 2.32. The van der Waals surface area contributed by atoms with Crippen molar-refractivity contribution in [3.8, 4) is 5.75 Å². The molecule has 5 nitrogen and oxygen atoms in total. The number of amides is 1. The molecule has 2 rings (SSSR count). The smallest absolute Gasteiger partial charge is 0.258 e. The molecule has 2 atom stereocenters. The molecule has 2 unspecified atom stereocenters. The van der Waals surface area contributed by atoms with Crippen molar-refractivity contribution in [1.82, 2.24) is 5.32 Å². The topological polar surface area (TPSA) is 73.6 Å². The van der Waals surface area contributed by atoms with Crippen molar-refractivity contribution in [3.05, 3.63) is 29.8 Å². The van der Waals surface area contributed by atoms with E-state index in [1.807, 2.05) is 19.1 Å². The highest BCUT2D eigenvalue weighted by Gasteiger charge is 2.23. The van der Waals surface area contributed by atoms with Crippen LogP contribution in [0.2, 0.25) is 0 Å². The van der Waals surface area contributed by atoms with Crippen LogP contribution in [0.1, 0.15) is 25.3 Å². The zero-order chi connectivity index (χ0) is 15.2. The fraction of sp³-hybridized carbons (Fsp3) is 0.467. The van der Waals surface area contributed by atoms with Gasteiger partial charge < -0.3 is 20.5 Å². The largest absolute Gasteiger partial charge is 0.483 e. The number of carbonyl (C=O) groups excluding carboxylic acids is 1. The highest BCUT2D eigenvalue weighted by molar-refractivity contribution is 7.80. The van der Waals surface area contributed by atoms with Gasteiger partial charge in [0.2, 0.25) is 0 Å². The van der Waals surface area contributed by atoms with Gasteiger partial charge in [0.15, 0.2) is 6.61 Å². The van der Waals surface area contributed by atoms with Gasteiger partial charge in [-0.15, -0.1) is 0 Å². The molecular weight excluding hydrogens is 288 g/mol. The molecule has 0 aromatic heterocycles. The maximum atomic E-state index is 11.9. The van der Waals surface area contributed by atoms with E-state index < -0.39 is 0 Å². The first kappa shape index (κ1) is 15.7. The lowest BCUT2D eigenvalue weighted by molar-refractivity contribution is -0.124. The van der Waals surface area contributed by atoms with Crippen LogP contribution in [0.4, 0.5) is 0 Å². The predicted molar refractivity (Wildman–Crippen MR) is 84.4 cm³/mol. The number of rotatable bonds is 6. The van der Waals surface area contributed by atoms with Crippen molar-refractivity contribution in [1.29, 1.82) is 0 Å². The molecule has 1 heterocycles. The van der Waals surface area contributed by atoms with Crippen molar-refractivity contribution in [2.45, 2.75) is 31.9 Å². The number of benzene rings is 1. The van der Waals surface area contributed by atoms with Gasteiger partial charge in [0.05, 0.1) is 17.7 Å². The average molecular weight is 308 g/mol. The Morgan fingerprint density at radius 2 is 2.33 bits per heavy atom. The number of para-hydroxylation sites is 1. The molecule has 1 aliphatic rings. The van der Waals surface area contributed by atoms with E-state index >= 15 is 0 Å². The van der Waals surface area contributed by atoms with E-state index in [1.165, 1.54) is 0 Å². The SMILES string of the molecule is CC(NC(=O)COc1ccccc1C(N)=S)C1CCCO1. The number of carbonyl (C=O) groups is 1. The molecule has 3 N–H and O–H groups in total. The number of ether oxygens (including phenoxy) is 2. The van der Waals surface area contributed by atoms with Crippen LogP contribution < -0.4 is 15.8 Å². The van der Waals surface area contributed by atoms with E-state index in [4.69, 9.17) is 27.4 Å². The fourth-order valence-corrected chi connectivity index (χ4v) is 2.49. The van der Waals surface area contributed by atoms with Crippen molar-refractivity contribution < 1.29 is 14.3 Å². The quantitative estimate of drug-likeness (QED) is 0.777. The first-order valence-corrected chi connectivity index (χ1v) is 7.41. The molecule has 1 aliphatic heterocycles. The number of nitrogens with one attached hydrogen (secondary N) is 1. The van der Waals surface area contributed by atoms with Crippen molar-refractivity contribution in [2.75, 3.05) is 13.2 Å². The van der Waals surface area contributed by atoms with E-state index in [1.54, 1.807) is 12.1 Å². The summed E-state index contributed by atoms with van der Waals surface area (Å²) < 4.78 is 11.0. The van der Waals surface area contributed by atoms with Crippen LogP contribution >= 0.6 is 12.2 Å². The minimum absolute atomic E-state index is 0.0190. The number of nitrogens with two attached hydrogens (primary N) is 1. The van der Waals surface area contributed by atoms with E-state index in [0.717, 1.165) is 19.4 Å². The van der Waals surface area contributed by atoms with Crippen LogP contribution in [0, 0.1) is 0 Å². The molecule has 0 aliphatic carbocycles. The second kappa shape index (κ2) is 7.38. The molecule has 1 aromatic carbocycles. The van der Waals surface area contributed by atoms with Gasteiger partial charge in [0.1, 0.15) is 10.7 Å². The van der Waals surface area contributed by atoms with Crippen LogP contribution in [0.3, 0.4) is 0 Å². The summed E-state index contributed by atoms with van der Waals surface area (Å²) in [5.74, 6) is 0.334. The van der Waals surface area contributed by atoms with E-state index in [0.29, 0.717) is 11.3 Å². The van der Waals surface area contributed by atoms with Crippen molar-refractivity contribution in [3.63, 3.8) is 0 Å². The molecule has 114 valence electrons. The first-order valence-electron chi connectivity index (χ1n) is 7.00. The Morgan fingerprint density at radius 3 is 3.00 bits per heavy atom. The van der Waals surface area contributed by atoms with Crippen LogP contribution in [0.25, 0.3) is 0 Å². The predicted octanol–water partition coefficient (Wildman–Crippen LogP) is 1.38. The van der Waals surface area contributed by atoms with Crippen molar-refractivity contribution >= 4 is 23.1 Å². The third-order valence-corrected chi connectivity index (χ3v) is 3.64. The van der Waals surface area contributed by atoms with E-state index in [2.05, 4.69) is 5.32 Å². The molecule has 0 spiro atoms. The highest BCUT2D eigenvalue weighted by atomic mass is 32.1. The normalized spacial score (nSPS) is 19.0. The first-order chi connectivity index (χ1) is 10.1. The average Bonchev–Trinajstić information content (AvgIpc) is 2.99. The molecule has 1 amide bonds. The Bertz CT molecular complexity index is 515. The molecule has 6 heteroatoms. The Labute approximate surface area is 129 Å². The summed E-state index contributed by atoms with van der Waals surface area (Å²) in [5, 5.41) is 2.89. The van der Waals surface area contributed by atoms with Gasteiger partial charge in [-0.25, -0.2) is 0 Å². The summed E-state index contributed by atoms with van der Waals surface area (Å²) in [4.78, 5) is 12.2. The van der Waals surface area contributed by atoms with Crippen LogP contribution in [-0.2, 0) is 9.53 Å². The van der Waals surface area contributed by atoms with Gasteiger partial charge in [0, 0.05) is 6.61 Å². The third kappa shape index (κ3) is 4.41. The van der Waals surface area contributed by atoms with Gasteiger partial charge in [0.25, 0.3) is 5.91 Å². The molecule has 0 saturated carbocycles. The number of thiocarbonyl (C=S) groups is 1. The van der Waals surface area contributed by atoms with Gasteiger partial charge >= 0.3 is 0 Å². The molecule has 0 radical (unpaired) electrons. The van der Waals surface area contributed by atoms with Gasteiger partial charge in [-0.2, -0.15) is 0 Å². The lowest BCUT2D eigenvalue weighted by Gasteiger charge is -2.20. The molecule has 1 aromatic rings. The summed E-state index contributed by atoms with van der Waals surface area (Å²) in [6, 6.07) is 7.12. The minimum Gasteiger partial charge on any atom is -0.483 e. The minimum atomic E-state index is -0.184. The van der Waals surface area contributed by atoms with Crippen LogP contribution in [0.5, 0.6) is 5.75 Å². The Balaban J connectivity index is 1.85. The maximum Gasteiger partial charge on any atom is 0.258 e. The summed E-state index contributed by atoms with van der Waals surface area (Å²) >= 11 is 4.95. The number of hydrogen-bond acceptors (Lipinski definition) is 4. The van der Waals surface area contributed by atoms with Gasteiger partial charge in [-0.3, -0.25) is 4.79 Å². The van der Waals surface area contributed by atoms with Crippen LogP contribution in [0.15, 0.2) is 24.3 Å². The lowest BCUT2D eigenvalue weighted by Crippen LogP contribution is -2.43. The summed E-state index contributed by atoms with van der Waals surface area (Å²) in [6.45, 7) is 2.64. The van der Waals surface area contributed by atoms with Crippen molar-refractivity contribution in [2.24, 2.45) is 5.73 Å².